The molecule has 0 spiro atoms. The van der Waals surface area contributed by atoms with Crippen molar-refractivity contribution in [3.05, 3.63) is 11.8 Å². The maximum absolute atomic E-state index is 12.3. The molecule has 0 bridgehead atoms. The normalized spacial score (nSPS) is 16.4. The minimum absolute atomic E-state index is 0.0407. The summed E-state index contributed by atoms with van der Waals surface area (Å²) >= 11 is 0. The number of piperazine rings is 1. The predicted octanol–water partition coefficient (Wildman–Crippen LogP) is 0.338. The van der Waals surface area contributed by atoms with Crippen LogP contribution in [0.15, 0.2) is 6.07 Å². The molecule has 0 atom stereocenters. The average Bonchev–Trinajstić information content (AvgIpc) is 3.07. The third kappa shape index (κ3) is 5.35. The van der Waals surface area contributed by atoms with Crippen molar-refractivity contribution in [2.75, 3.05) is 83.1 Å². The number of methoxy groups -OCH3 is 1. The summed E-state index contributed by atoms with van der Waals surface area (Å²) in [6.07, 6.45) is 0. The van der Waals surface area contributed by atoms with Crippen LogP contribution in [0.25, 0.3) is 11.0 Å². The fourth-order valence-electron chi connectivity index (χ4n) is 3.35. The average molecular weight is 426 g/mol. The van der Waals surface area contributed by atoms with E-state index in [1.807, 2.05) is 32.0 Å². The zero-order valence-corrected chi connectivity index (χ0v) is 18.4. The summed E-state index contributed by atoms with van der Waals surface area (Å²) in [4.78, 5) is 16.6. The molecule has 1 fully saturated rings. The number of anilines is 2. The van der Waals surface area contributed by atoms with Gasteiger partial charge in [0.1, 0.15) is 11.5 Å². The van der Waals surface area contributed by atoms with Crippen molar-refractivity contribution in [3.63, 3.8) is 0 Å². The van der Waals surface area contributed by atoms with Crippen LogP contribution in [0.2, 0.25) is 0 Å². The highest BCUT2D eigenvalue weighted by Crippen LogP contribution is 2.23. The van der Waals surface area contributed by atoms with Gasteiger partial charge in [-0.15, -0.1) is 0 Å². The van der Waals surface area contributed by atoms with E-state index >= 15 is 0 Å². The molecule has 2 N–H and O–H groups in total. The van der Waals surface area contributed by atoms with Crippen LogP contribution in [0.3, 0.4) is 0 Å². The molecule has 11 heteroatoms. The summed E-state index contributed by atoms with van der Waals surface area (Å²) in [5.41, 5.74) is 1.86. The van der Waals surface area contributed by atoms with Crippen LogP contribution >= 0.6 is 0 Å². The largest absolute Gasteiger partial charge is 0.384 e. The van der Waals surface area contributed by atoms with E-state index in [4.69, 9.17) is 4.74 Å². The molecule has 0 aliphatic carbocycles. The van der Waals surface area contributed by atoms with Gasteiger partial charge in [0, 0.05) is 66.2 Å². The van der Waals surface area contributed by atoms with Gasteiger partial charge in [-0.25, -0.2) is 8.42 Å². The Morgan fingerprint density at radius 2 is 1.97 bits per heavy atom. The van der Waals surface area contributed by atoms with Gasteiger partial charge < -0.3 is 19.9 Å². The Morgan fingerprint density at radius 3 is 2.62 bits per heavy atom. The number of hydrogen-bond donors (Lipinski definition) is 2. The second kappa shape index (κ2) is 9.24. The standard InChI is InChI=1S/C18H31N7O3S/c1-14-13-15-16(21-18(23(2)3)22-17(15)20-14)19-5-6-24-7-9-25(10-8-24)29(26,27)12-11-28-4/h13H,5-12H2,1-4H3,(H2,19,20,21,22). The number of aryl methyl sites for hydroxylation is 1. The number of aromatic amines is 1. The highest BCUT2D eigenvalue weighted by atomic mass is 32.2. The first kappa shape index (κ1) is 21.8. The first-order valence-corrected chi connectivity index (χ1v) is 11.4. The highest BCUT2D eigenvalue weighted by Gasteiger charge is 2.26. The molecule has 0 aromatic carbocycles. The zero-order chi connectivity index (χ0) is 21.0. The lowest BCUT2D eigenvalue weighted by molar-refractivity contribution is 0.189. The van der Waals surface area contributed by atoms with Crippen LogP contribution in [0.5, 0.6) is 0 Å². The van der Waals surface area contributed by atoms with Gasteiger partial charge >= 0.3 is 0 Å². The number of H-pyrrole nitrogens is 1. The Bertz CT molecular complexity index is 921. The fraction of sp³-hybridized carbons (Fsp3) is 0.667. The monoisotopic (exact) mass is 425 g/mol. The molecule has 0 amide bonds. The van der Waals surface area contributed by atoms with E-state index in [0.29, 0.717) is 19.0 Å². The predicted molar refractivity (Wildman–Crippen MR) is 115 cm³/mol. The molecule has 0 unspecified atom stereocenters. The third-order valence-corrected chi connectivity index (χ3v) is 6.84. The number of fused-ring (bicyclic) bond motifs is 1. The third-order valence-electron chi connectivity index (χ3n) is 5.00. The molecule has 1 aliphatic heterocycles. The van der Waals surface area contributed by atoms with Gasteiger partial charge in [0.2, 0.25) is 16.0 Å². The number of ether oxygens (including phenoxy) is 1. The van der Waals surface area contributed by atoms with Crippen molar-refractivity contribution < 1.29 is 13.2 Å². The van der Waals surface area contributed by atoms with Gasteiger partial charge in [-0.1, -0.05) is 0 Å². The number of nitrogens with one attached hydrogen (secondary N) is 2. The Kier molecular flexibility index (Phi) is 6.93. The van der Waals surface area contributed by atoms with Crippen LogP contribution in [0.1, 0.15) is 5.69 Å². The summed E-state index contributed by atoms with van der Waals surface area (Å²) in [5, 5.41) is 4.40. The van der Waals surface area contributed by atoms with Gasteiger partial charge in [-0.2, -0.15) is 14.3 Å². The lowest BCUT2D eigenvalue weighted by Gasteiger charge is -2.34. The summed E-state index contributed by atoms with van der Waals surface area (Å²) in [7, 11) is 2.12. The fourth-order valence-corrected chi connectivity index (χ4v) is 4.70. The first-order chi connectivity index (χ1) is 13.8. The van der Waals surface area contributed by atoms with Crippen LogP contribution in [-0.2, 0) is 14.8 Å². The lowest BCUT2D eigenvalue weighted by atomic mass is 10.3. The number of rotatable bonds is 9. The molecule has 1 saturated heterocycles. The molecule has 10 nitrogen and oxygen atoms in total. The molecule has 2 aromatic rings. The molecule has 162 valence electrons. The molecule has 3 rings (SSSR count). The molecule has 3 heterocycles. The van der Waals surface area contributed by atoms with Gasteiger partial charge in [0.25, 0.3) is 0 Å². The SMILES string of the molecule is COCCS(=O)(=O)N1CCN(CCNc2nc(N(C)C)nc3[nH]c(C)cc23)CC1. The van der Waals surface area contributed by atoms with Crippen LogP contribution < -0.4 is 10.2 Å². The maximum atomic E-state index is 12.3. The molecule has 2 aromatic heterocycles. The number of sulfonamides is 1. The number of nitrogens with zero attached hydrogens (tertiary/aromatic N) is 5. The molecule has 0 saturated carbocycles. The minimum Gasteiger partial charge on any atom is -0.384 e. The van der Waals surface area contributed by atoms with E-state index < -0.39 is 10.0 Å². The van der Waals surface area contributed by atoms with Crippen molar-refractivity contribution in [3.8, 4) is 0 Å². The summed E-state index contributed by atoms with van der Waals surface area (Å²) in [6, 6.07) is 2.04. The molecule has 1 aliphatic rings. The molecular formula is C18H31N7O3S. The van der Waals surface area contributed by atoms with E-state index in [1.54, 1.807) is 4.31 Å². The van der Waals surface area contributed by atoms with E-state index in [2.05, 4.69) is 25.2 Å². The van der Waals surface area contributed by atoms with E-state index in [-0.39, 0.29) is 12.4 Å². The second-order valence-electron chi connectivity index (χ2n) is 7.46. The van der Waals surface area contributed by atoms with Crippen LogP contribution in [0, 0.1) is 6.92 Å². The van der Waals surface area contributed by atoms with Crippen molar-refractivity contribution in [1.29, 1.82) is 0 Å². The Hall–Kier alpha value is -1.95. The topological polar surface area (TPSA) is 107 Å². The Morgan fingerprint density at radius 1 is 1.24 bits per heavy atom. The van der Waals surface area contributed by atoms with E-state index in [0.717, 1.165) is 48.7 Å². The molecule has 29 heavy (non-hydrogen) atoms. The molecule has 0 radical (unpaired) electrons. The summed E-state index contributed by atoms with van der Waals surface area (Å²) in [6.45, 7) is 6.25. The van der Waals surface area contributed by atoms with Gasteiger partial charge in [0.05, 0.1) is 17.7 Å². The number of aromatic nitrogens is 3. The van der Waals surface area contributed by atoms with Crippen molar-refractivity contribution in [2.24, 2.45) is 0 Å². The van der Waals surface area contributed by atoms with E-state index in [1.165, 1.54) is 7.11 Å². The molecular weight excluding hydrogens is 394 g/mol. The van der Waals surface area contributed by atoms with Crippen molar-refractivity contribution >= 4 is 32.8 Å². The summed E-state index contributed by atoms with van der Waals surface area (Å²) in [5.74, 6) is 1.50. The van der Waals surface area contributed by atoms with Gasteiger partial charge in [-0.05, 0) is 13.0 Å². The quantitative estimate of drug-likeness (QED) is 0.592. The Labute approximate surface area is 172 Å². The summed E-state index contributed by atoms with van der Waals surface area (Å²) < 4.78 is 31.0. The number of hydrogen-bond acceptors (Lipinski definition) is 8. The minimum atomic E-state index is -3.23. The van der Waals surface area contributed by atoms with Crippen molar-refractivity contribution in [2.45, 2.75) is 6.92 Å². The van der Waals surface area contributed by atoms with Crippen molar-refractivity contribution in [1.82, 2.24) is 24.2 Å². The maximum Gasteiger partial charge on any atom is 0.228 e. The van der Waals surface area contributed by atoms with Gasteiger partial charge in [0.15, 0.2) is 0 Å². The van der Waals surface area contributed by atoms with Gasteiger partial charge in [-0.3, -0.25) is 4.90 Å². The smallest absolute Gasteiger partial charge is 0.228 e. The first-order valence-electron chi connectivity index (χ1n) is 9.78. The highest BCUT2D eigenvalue weighted by molar-refractivity contribution is 7.89. The second-order valence-corrected chi connectivity index (χ2v) is 9.55. The van der Waals surface area contributed by atoms with Crippen LogP contribution in [-0.4, -0.2) is 105 Å². The lowest BCUT2D eigenvalue weighted by Crippen LogP contribution is -2.50. The zero-order valence-electron chi connectivity index (χ0n) is 17.6. The Balaban J connectivity index is 1.55. The van der Waals surface area contributed by atoms with Crippen LogP contribution in [0.4, 0.5) is 11.8 Å². The van der Waals surface area contributed by atoms with E-state index in [9.17, 15) is 8.42 Å².